The van der Waals surface area contributed by atoms with Crippen LogP contribution in [0.2, 0.25) is 0 Å². The zero-order chi connectivity index (χ0) is 16.0. The maximum absolute atomic E-state index is 2.32. The van der Waals surface area contributed by atoms with Crippen molar-refractivity contribution in [1.29, 1.82) is 0 Å². The normalized spacial score (nSPS) is 11.2. The fraction of sp³-hybridized carbons (Fsp3) is 0.0909. The van der Waals surface area contributed by atoms with E-state index in [0.717, 1.165) is 6.16 Å². The molecule has 0 radical (unpaired) electrons. The first-order valence-electron chi connectivity index (χ1n) is 8.04. The lowest BCUT2D eigenvalue weighted by molar-refractivity contribution is -0.00000450. The van der Waals surface area contributed by atoms with Gasteiger partial charge >= 0.3 is 0 Å². The Balaban J connectivity index is 0.00000208. The highest BCUT2D eigenvalue weighted by Gasteiger charge is 2.43. The predicted molar refractivity (Wildman–Crippen MR) is 105 cm³/mol. The van der Waals surface area contributed by atoms with E-state index in [1.165, 1.54) is 15.9 Å². The van der Waals surface area contributed by atoms with Gasteiger partial charge in [-0.3, -0.25) is 0 Å². The van der Waals surface area contributed by atoms with Gasteiger partial charge in [-0.15, -0.1) is 0 Å². The topological polar surface area (TPSA) is 0 Å². The molecular formula is C22H22BrP. The Bertz CT molecular complexity index is 655. The molecular weight excluding hydrogens is 375 g/mol. The number of hydrogen-bond acceptors (Lipinski definition) is 0. The molecule has 0 heterocycles. The maximum Gasteiger partial charge on any atom is 0.115 e. The van der Waals surface area contributed by atoms with E-state index in [1.54, 1.807) is 0 Å². The smallest absolute Gasteiger partial charge is 0.115 e. The SMILES string of the molecule is C/C=C\C[P+](c1ccccc1)(c1ccccc1)c1ccccc1.[Br-]. The van der Waals surface area contributed by atoms with Crippen molar-refractivity contribution in [3.8, 4) is 0 Å². The Morgan fingerprint density at radius 3 is 1.25 bits per heavy atom. The van der Waals surface area contributed by atoms with Gasteiger partial charge in [-0.2, -0.15) is 0 Å². The van der Waals surface area contributed by atoms with Crippen molar-refractivity contribution in [2.75, 3.05) is 6.16 Å². The van der Waals surface area contributed by atoms with Gasteiger partial charge in [-0.25, -0.2) is 0 Å². The number of benzene rings is 3. The van der Waals surface area contributed by atoms with Crippen LogP contribution in [-0.2, 0) is 0 Å². The lowest BCUT2D eigenvalue weighted by Gasteiger charge is -2.26. The Morgan fingerprint density at radius 2 is 0.958 bits per heavy atom. The van der Waals surface area contributed by atoms with Crippen molar-refractivity contribution in [3.63, 3.8) is 0 Å². The molecule has 24 heavy (non-hydrogen) atoms. The van der Waals surface area contributed by atoms with Crippen molar-refractivity contribution in [1.82, 2.24) is 0 Å². The number of rotatable bonds is 5. The van der Waals surface area contributed by atoms with Crippen LogP contribution < -0.4 is 32.9 Å². The molecule has 0 bridgehead atoms. The first-order valence-corrected chi connectivity index (χ1v) is 10.0. The van der Waals surface area contributed by atoms with Crippen LogP contribution in [0.5, 0.6) is 0 Å². The zero-order valence-corrected chi connectivity index (χ0v) is 16.3. The molecule has 3 aromatic carbocycles. The first kappa shape index (κ1) is 18.6. The summed E-state index contributed by atoms with van der Waals surface area (Å²) in [7, 11) is -1.66. The minimum atomic E-state index is -1.66. The van der Waals surface area contributed by atoms with Crippen LogP contribution in [0.1, 0.15) is 6.92 Å². The highest BCUT2D eigenvalue weighted by Crippen LogP contribution is 2.55. The van der Waals surface area contributed by atoms with Gasteiger partial charge in [-0.1, -0.05) is 66.7 Å². The molecule has 0 nitrogen and oxygen atoms in total. The fourth-order valence-corrected chi connectivity index (χ4v) is 7.17. The Labute approximate surface area is 156 Å². The average molecular weight is 397 g/mol. The Kier molecular flexibility index (Phi) is 6.97. The number of halogens is 1. The van der Waals surface area contributed by atoms with Gasteiger partial charge in [0.05, 0.1) is 6.16 Å². The Morgan fingerprint density at radius 1 is 0.625 bits per heavy atom. The fourth-order valence-electron chi connectivity index (χ4n) is 3.07. The number of hydrogen-bond donors (Lipinski definition) is 0. The second-order valence-corrected chi connectivity index (χ2v) is 9.10. The van der Waals surface area contributed by atoms with Crippen molar-refractivity contribution in [2.45, 2.75) is 6.92 Å². The molecule has 0 aromatic heterocycles. The molecule has 2 heteroatoms. The van der Waals surface area contributed by atoms with Gasteiger partial charge < -0.3 is 17.0 Å². The molecule has 0 unspecified atom stereocenters. The summed E-state index contributed by atoms with van der Waals surface area (Å²) < 4.78 is 0. The highest BCUT2D eigenvalue weighted by molar-refractivity contribution is 7.95. The van der Waals surface area contributed by atoms with Crippen LogP contribution in [0.25, 0.3) is 0 Å². The molecule has 0 fully saturated rings. The van der Waals surface area contributed by atoms with Crippen molar-refractivity contribution < 1.29 is 17.0 Å². The monoisotopic (exact) mass is 396 g/mol. The summed E-state index contributed by atoms with van der Waals surface area (Å²) in [6, 6.07) is 33.0. The van der Waals surface area contributed by atoms with Gasteiger partial charge in [0.15, 0.2) is 0 Å². The summed E-state index contributed by atoms with van der Waals surface area (Å²) in [5.74, 6) is 0. The molecule has 0 aliphatic carbocycles. The van der Waals surface area contributed by atoms with Crippen molar-refractivity contribution in [2.24, 2.45) is 0 Å². The minimum Gasteiger partial charge on any atom is -1.00 e. The van der Waals surface area contributed by atoms with E-state index in [2.05, 4.69) is 110 Å². The standard InChI is InChI=1S/C22H22P.BrH/c1-2-3-19-23(20-13-7-4-8-14-20,21-15-9-5-10-16-21)22-17-11-6-12-18-22;/h2-18H,19H2,1H3;1H/q+1;/p-1/b3-2-;. The molecule has 0 aliphatic heterocycles. The zero-order valence-electron chi connectivity index (χ0n) is 13.8. The molecule has 0 spiro atoms. The van der Waals surface area contributed by atoms with Gasteiger partial charge in [-0.05, 0) is 43.3 Å². The summed E-state index contributed by atoms with van der Waals surface area (Å²) in [6.07, 6.45) is 5.55. The third-order valence-corrected chi connectivity index (χ3v) is 8.50. The van der Waals surface area contributed by atoms with E-state index in [4.69, 9.17) is 0 Å². The van der Waals surface area contributed by atoms with E-state index in [-0.39, 0.29) is 17.0 Å². The third kappa shape index (κ3) is 3.69. The molecule has 0 saturated carbocycles. The van der Waals surface area contributed by atoms with Gasteiger partial charge in [0.1, 0.15) is 23.2 Å². The van der Waals surface area contributed by atoms with E-state index >= 15 is 0 Å². The van der Waals surface area contributed by atoms with Crippen LogP contribution in [0, 0.1) is 0 Å². The molecule has 3 rings (SSSR count). The van der Waals surface area contributed by atoms with E-state index in [0.29, 0.717) is 0 Å². The average Bonchev–Trinajstić information content (AvgIpc) is 2.65. The molecule has 0 atom stereocenters. The molecule has 0 N–H and O–H groups in total. The molecule has 0 saturated heterocycles. The molecule has 122 valence electrons. The van der Waals surface area contributed by atoms with E-state index in [1.807, 2.05) is 0 Å². The van der Waals surface area contributed by atoms with Crippen LogP contribution in [0.4, 0.5) is 0 Å². The highest BCUT2D eigenvalue weighted by atomic mass is 79.9. The second kappa shape index (κ2) is 8.97. The van der Waals surface area contributed by atoms with E-state index in [9.17, 15) is 0 Å². The largest absolute Gasteiger partial charge is 1.00 e. The summed E-state index contributed by atoms with van der Waals surface area (Å²) >= 11 is 0. The second-order valence-electron chi connectivity index (χ2n) is 5.57. The van der Waals surface area contributed by atoms with Crippen molar-refractivity contribution in [3.05, 3.63) is 103 Å². The van der Waals surface area contributed by atoms with Gasteiger partial charge in [0.25, 0.3) is 0 Å². The van der Waals surface area contributed by atoms with Gasteiger partial charge in [0, 0.05) is 0 Å². The van der Waals surface area contributed by atoms with Crippen LogP contribution in [-0.4, -0.2) is 6.16 Å². The van der Waals surface area contributed by atoms with Crippen molar-refractivity contribution >= 4 is 23.2 Å². The van der Waals surface area contributed by atoms with Crippen LogP contribution in [0.15, 0.2) is 103 Å². The quantitative estimate of drug-likeness (QED) is 0.453. The third-order valence-electron chi connectivity index (χ3n) is 4.21. The van der Waals surface area contributed by atoms with E-state index < -0.39 is 7.26 Å². The summed E-state index contributed by atoms with van der Waals surface area (Å²) in [6.45, 7) is 2.11. The predicted octanol–water partition coefficient (Wildman–Crippen LogP) is 1.56. The minimum absolute atomic E-state index is 0. The van der Waals surface area contributed by atoms with Crippen LogP contribution in [0.3, 0.4) is 0 Å². The lowest BCUT2D eigenvalue weighted by atomic mass is 10.4. The molecule has 0 amide bonds. The Hall–Kier alpha value is -1.69. The lowest BCUT2D eigenvalue weighted by Crippen LogP contribution is -3.00. The molecule has 3 aromatic rings. The summed E-state index contributed by atoms with van der Waals surface area (Å²) in [4.78, 5) is 0. The molecule has 0 aliphatic rings. The first-order chi connectivity index (χ1) is 11.4. The summed E-state index contributed by atoms with van der Waals surface area (Å²) in [5, 5.41) is 4.32. The maximum atomic E-state index is 2.32. The van der Waals surface area contributed by atoms with Gasteiger partial charge in [0.2, 0.25) is 0 Å². The summed E-state index contributed by atoms with van der Waals surface area (Å²) in [5.41, 5.74) is 0. The number of allylic oxidation sites excluding steroid dienone is 2. The van der Waals surface area contributed by atoms with Crippen LogP contribution >= 0.6 is 7.26 Å².